The highest BCUT2D eigenvalue weighted by atomic mass is 16.5. The summed E-state index contributed by atoms with van der Waals surface area (Å²) in [4.78, 5) is 2.71. The summed E-state index contributed by atoms with van der Waals surface area (Å²) in [6.45, 7) is 13.1. The van der Waals surface area contributed by atoms with E-state index >= 15 is 0 Å². The largest absolute Gasteiger partial charge is 0.384 e. The molecule has 2 aliphatic rings. The van der Waals surface area contributed by atoms with E-state index in [0.29, 0.717) is 11.5 Å². The van der Waals surface area contributed by atoms with Gasteiger partial charge in [-0.3, -0.25) is 0 Å². The molecule has 1 N–H and O–H groups in total. The van der Waals surface area contributed by atoms with Crippen molar-refractivity contribution in [2.75, 3.05) is 39.9 Å². The van der Waals surface area contributed by atoms with Crippen molar-refractivity contribution >= 4 is 0 Å². The van der Waals surface area contributed by atoms with E-state index in [1.54, 1.807) is 0 Å². The second-order valence-corrected chi connectivity index (χ2v) is 7.94. The highest BCUT2D eigenvalue weighted by molar-refractivity contribution is 4.97. The van der Waals surface area contributed by atoms with Crippen molar-refractivity contribution in [3.63, 3.8) is 0 Å². The van der Waals surface area contributed by atoms with E-state index in [0.717, 1.165) is 25.0 Å². The fraction of sp³-hybridized carbons (Fsp3) is 1.00. The second-order valence-electron chi connectivity index (χ2n) is 7.94. The zero-order chi connectivity index (χ0) is 15.3. The van der Waals surface area contributed by atoms with Crippen LogP contribution in [0.15, 0.2) is 0 Å². The predicted molar refractivity (Wildman–Crippen MR) is 89.6 cm³/mol. The Hall–Kier alpha value is -0.120. The van der Waals surface area contributed by atoms with Gasteiger partial charge in [-0.15, -0.1) is 0 Å². The molecule has 0 amide bonds. The van der Waals surface area contributed by atoms with E-state index in [9.17, 15) is 0 Å². The topological polar surface area (TPSA) is 24.5 Å². The zero-order valence-corrected chi connectivity index (χ0v) is 14.7. The lowest BCUT2D eigenvalue weighted by molar-refractivity contribution is 0.0778. The van der Waals surface area contributed by atoms with Crippen LogP contribution in [-0.4, -0.2) is 50.8 Å². The summed E-state index contributed by atoms with van der Waals surface area (Å²) < 4.78 is 5.37. The lowest BCUT2D eigenvalue weighted by Crippen LogP contribution is -2.47. The number of methoxy groups -OCH3 is 1. The maximum Gasteiger partial charge on any atom is 0.0502 e. The van der Waals surface area contributed by atoms with Gasteiger partial charge in [-0.25, -0.2) is 0 Å². The van der Waals surface area contributed by atoms with Crippen molar-refractivity contribution < 1.29 is 4.74 Å². The van der Waals surface area contributed by atoms with Gasteiger partial charge in [0.1, 0.15) is 0 Å². The smallest absolute Gasteiger partial charge is 0.0502 e. The van der Waals surface area contributed by atoms with Crippen LogP contribution in [-0.2, 0) is 4.74 Å². The molecular formula is C18H36N2O. The van der Waals surface area contributed by atoms with Crippen LogP contribution in [0, 0.1) is 17.3 Å². The Morgan fingerprint density at radius 2 is 2.10 bits per heavy atom. The third-order valence-electron chi connectivity index (χ3n) is 5.59. The van der Waals surface area contributed by atoms with Crippen molar-refractivity contribution in [1.29, 1.82) is 0 Å². The molecule has 21 heavy (non-hydrogen) atoms. The first-order valence-electron chi connectivity index (χ1n) is 9.01. The van der Waals surface area contributed by atoms with Crippen molar-refractivity contribution in [2.24, 2.45) is 17.3 Å². The minimum Gasteiger partial charge on any atom is -0.384 e. The second kappa shape index (κ2) is 7.94. The molecule has 1 saturated heterocycles. The lowest BCUT2D eigenvalue weighted by Gasteiger charge is -2.37. The molecule has 0 bridgehead atoms. The number of rotatable bonds is 7. The molecule has 1 saturated carbocycles. The van der Waals surface area contributed by atoms with Gasteiger partial charge in [0.2, 0.25) is 0 Å². The van der Waals surface area contributed by atoms with Crippen LogP contribution in [0.2, 0.25) is 0 Å². The minimum absolute atomic E-state index is 0.460. The fourth-order valence-corrected chi connectivity index (χ4v) is 4.48. The summed E-state index contributed by atoms with van der Waals surface area (Å²) in [5.41, 5.74) is 0.460. The quantitative estimate of drug-likeness (QED) is 0.781. The Bertz CT molecular complexity index is 304. The van der Waals surface area contributed by atoms with Crippen LogP contribution >= 0.6 is 0 Å². The van der Waals surface area contributed by atoms with Gasteiger partial charge >= 0.3 is 0 Å². The molecule has 3 unspecified atom stereocenters. The van der Waals surface area contributed by atoms with Crippen LogP contribution in [0.1, 0.15) is 52.9 Å². The molecule has 0 radical (unpaired) electrons. The van der Waals surface area contributed by atoms with Crippen LogP contribution in [0.25, 0.3) is 0 Å². The van der Waals surface area contributed by atoms with Crippen LogP contribution < -0.4 is 5.32 Å². The molecule has 0 aromatic rings. The first-order chi connectivity index (χ1) is 10.1. The van der Waals surface area contributed by atoms with E-state index in [1.165, 1.54) is 51.7 Å². The first kappa shape index (κ1) is 17.2. The summed E-state index contributed by atoms with van der Waals surface area (Å²) in [5.74, 6) is 1.58. The molecule has 124 valence electrons. The molecule has 1 heterocycles. The van der Waals surface area contributed by atoms with Gasteiger partial charge in [-0.05, 0) is 62.4 Å². The van der Waals surface area contributed by atoms with E-state index in [2.05, 4.69) is 31.0 Å². The van der Waals surface area contributed by atoms with Crippen molar-refractivity contribution in [2.45, 2.75) is 58.9 Å². The van der Waals surface area contributed by atoms with Crippen LogP contribution in [0.4, 0.5) is 0 Å². The predicted octanol–water partition coefficient (Wildman–Crippen LogP) is 3.15. The molecular weight excluding hydrogens is 260 g/mol. The molecule has 2 rings (SSSR count). The Morgan fingerprint density at radius 1 is 1.29 bits per heavy atom. The van der Waals surface area contributed by atoms with Gasteiger partial charge < -0.3 is 15.0 Å². The van der Waals surface area contributed by atoms with Gasteiger partial charge in [0.15, 0.2) is 0 Å². The molecule has 2 fully saturated rings. The normalized spacial score (nSPS) is 33.4. The number of nitrogens with one attached hydrogen (secondary N) is 1. The highest BCUT2D eigenvalue weighted by Crippen LogP contribution is 2.42. The standard InChI is InChI=1S/C18H36N2O/c1-5-10-19-17-16(8-9-18(17,2)3)13-20-11-6-7-15(12-20)14-21-4/h15-17,19H,5-14H2,1-4H3. The van der Waals surface area contributed by atoms with Crippen molar-refractivity contribution in [1.82, 2.24) is 10.2 Å². The fourth-order valence-electron chi connectivity index (χ4n) is 4.48. The Morgan fingerprint density at radius 3 is 2.81 bits per heavy atom. The van der Waals surface area contributed by atoms with Crippen molar-refractivity contribution in [3.8, 4) is 0 Å². The summed E-state index contributed by atoms with van der Waals surface area (Å²) in [6, 6.07) is 0.695. The van der Waals surface area contributed by atoms with Gasteiger partial charge in [0, 0.05) is 26.2 Å². The Labute approximate surface area is 131 Å². The van der Waals surface area contributed by atoms with Gasteiger partial charge in [0.05, 0.1) is 6.61 Å². The number of nitrogens with zero attached hydrogens (tertiary/aromatic N) is 1. The Kier molecular flexibility index (Phi) is 6.51. The maximum absolute atomic E-state index is 5.37. The van der Waals surface area contributed by atoms with E-state index in [1.807, 2.05) is 7.11 Å². The molecule has 1 aliphatic carbocycles. The number of piperidine rings is 1. The minimum atomic E-state index is 0.460. The zero-order valence-electron chi connectivity index (χ0n) is 14.7. The number of hydrogen-bond acceptors (Lipinski definition) is 3. The van der Waals surface area contributed by atoms with Gasteiger partial charge in [-0.2, -0.15) is 0 Å². The molecule has 0 aromatic heterocycles. The van der Waals surface area contributed by atoms with Gasteiger partial charge in [-0.1, -0.05) is 20.8 Å². The molecule has 3 nitrogen and oxygen atoms in total. The number of hydrogen-bond donors (Lipinski definition) is 1. The third-order valence-corrected chi connectivity index (χ3v) is 5.59. The molecule has 3 heteroatoms. The third kappa shape index (κ3) is 4.67. The van der Waals surface area contributed by atoms with Crippen LogP contribution in [0.3, 0.4) is 0 Å². The first-order valence-corrected chi connectivity index (χ1v) is 9.01. The van der Waals surface area contributed by atoms with E-state index in [4.69, 9.17) is 4.74 Å². The average Bonchev–Trinajstić information content (AvgIpc) is 2.72. The molecule has 1 aliphatic heterocycles. The lowest BCUT2D eigenvalue weighted by atomic mass is 9.84. The highest BCUT2D eigenvalue weighted by Gasteiger charge is 2.42. The maximum atomic E-state index is 5.37. The molecule has 0 aromatic carbocycles. The number of likely N-dealkylation sites (tertiary alicyclic amines) is 1. The van der Waals surface area contributed by atoms with E-state index in [-0.39, 0.29) is 0 Å². The molecule has 3 atom stereocenters. The monoisotopic (exact) mass is 296 g/mol. The summed E-state index contributed by atoms with van der Waals surface area (Å²) in [5, 5.41) is 3.85. The summed E-state index contributed by atoms with van der Waals surface area (Å²) >= 11 is 0. The molecule has 0 spiro atoms. The van der Waals surface area contributed by atoms with Crippen LogP contribution in [0.5, 0.6) is 0 Å². The average molecular weight is 296 g/mol. The van der Waals surface area contributed by atoms with Gasteiger partial charge in [0.25, 0.3) is 0 Å². The summed E-state index contributed by atoms with van der Waals surface area (Å²) in [6.07, 6.45) is 6.68. The Balaban J connectivity index is 1.88. The van der Waals surface area contributed by atoms with Crippen molar-refractivity contribution in [3.05, 3.63) is 0 Å². The SMILES string of the molecule is CCCNC1C(CN2CCCC(COC)C2)CCC1(C)C. The van der Waals surface area contributed by atoms with E-state index < -0.39 is 0 Å². The number of ether oxygens (including phenoxy) is 1. The summed E-state index contributed by atoms with van der Waals surface area (Å²) in [7, 11) is 1.84.